The molecule has 0 nitrogen and oxygen atoms in total. The molecule has 0 fully saturated rings. The van der Waals surface area contributed by atoms with E-state index >= 15 is 0 Å². The van der Waals surface area contributed by atoms with Crippen molar-refractivity contribution in [1.82, 2.24) is 0 Å². The van der Waals surface area contributed by atoms with Gasteiger partial charge in [-0.15, -0.1) is 11.6 Å². The van der Waals surface area contributed by atoms with Crippen LogP contribution in [0.3, 0.4) is 0 Å². The number of alkyl halides is 1. The van der Waals surface area contributed by atoms with Crippen LogP contribution in [0.4, 0.5) is 0 Å². The van der Waals surface area contributed by atoms with E-state index in [1.807, 2.05) is 6.92 Å². The Morgan fingerprint density at radius 3 is 2.60 bits per heavy atom. The van der Waals surface area contributed by atoms with Crippen LogP contribution in [0, 0.1) is 6.08 Å². The van der Waals surface area contributed by atoms with E-state index in [0.717, 1.165) is 0 Å². The summed E-state index contributed by atoms with van der Waals surface area (Å²) in [6.45, 7) is 1.82. The molecule has 0 unspecified atom stereocenters. The maximum Gasteiger partial charge on any atom is 0.0409 e. The van der Waals surface area contributed by atoms with Crippen LogP contribution in [-0.4, -0.2) is 5.88 Å². The summed E-state index contributed by atoms with van der Waals surface area (Å²) in [5.74, 6) is 0.580. The van der Waals surface area contributed by atoms with Crippen LogP contribution in [0.25, 0.3) is 0 Å². The Hall–Kier alpha value is 0.0300. The first-order chi connectivity index (χ1) is 2.41. The third kappa shape index (κ3) is 4.03. The highest BCUT2D eigenvalue weighted by molar-refractivity contribution is 6.18. The second kappa shape index (κ2) is 4.03. The Kier molecular flexibility index (Phi) is 4.05. The average molecular weight is 89.5 g/mol. The summed E-state index contributed by atoms with van der Waals surface area (Å²) in [6, 6.07) is 0. The van der Waals surface area contributed by atoms with Crippen molar-refractivity contribution in [2.45, 2.75) is 6.92 Å². The van der Waals surface area contributed by atoms with E-state index < -0.39 is 0 Å². The predicted molar refractivity (Wildman–Crippen MR) is 24.2 cm³/mol. The van der Waals surface area contributed by atoms with Gasteiger partial charge in [0, 0.05) is 5.88 Å². The highest BCUT2D eigenvalue weighted by atomic mass is 35.5. The van der Waals surface area contributed by atoms with E-state index in [1.165, 1.54) is 0 Å². The molecule has 0 saturated heterocycles. The van der Waals surface area contributed by atoms with Crippen LogP contribution in [0.5, 0.6) is 0 Å². The molecule has 0 bridgehead atoms. The predicted octanol–water partition coefficient (Wildman–Crippen LogP) is 1.60. The zero-order chi connectivity index (χ0) is 4.12. The largest absolute Gasteiger partial charge is 0.122 e. The zero-order valence-electron chi connectivity index (χ0n) is 3.16. The van der Waals surface area contributed by atoms with E-state index in [-0.39, 0.29) is 0 Å². The highest BCUT2D eigenvalue weighted by Gasteiger charge is 1.55. The number of hydrogen-bond donors (Lipinski definition) is 0. The van der Waals surface area contributed by atoms with Gasteiger partial charge in [0.05, 0.1) is 0 Å². The normalized spacial score (nSPS) is 10.0. The molecule has 0 aliphatic heterocycles. The first-order valence-electron chi connectivity index (χ1n) is 1.46. The Morgan fingerprint density at radius 2 is 2.60 bits per heavy atom. The molecule has 0 aliphatic carbocycles. The highest BCUT2D eigenvalue weighted by Crippen LogP contribution is 1.72. The lowest BCUT2D eigenvalue weighted by Crippen LogP contribution is -1.51. The molecule has 0 amide bonds. The molecule has 0 aromatic carbocycles. The van der Waals surface area contributed by atoms with Gasteiger partial charge in [-0.2, -0.15) is 0 Å². The van der Waals surface area contributed by atoms with Crippen LogP contribution in [0.1, 0.15) is 6.92 Å². The number of hydrogen-bond acceptors (Lipinski definition) is 0. The maximum absolute atomic E-state index is 5.18. The van der Waals surface area contributed by atoms with Gasteiger partial charge in [0.2, 0.25) is 0 Å². The van der Waals surface area contributed by atoms with Crippen molar-refractivity contribution in [2.24, 2.45) is 0 Å². The van der Waals surface area contributed by atoms with E-state index in [0.29, 0.717) is 5.88 Å². The van der Waals surface area contributed by atoms with Gasteiger partial charge in [-0.25, -0.2) is 0 Å². The van der Waals surface area contributed by atoms with Crippen molar-refractivity contribution in [3.63, 3.8) is 0 Å². The van der Waals surface area contributed by atoms with Crippen molar-refractivity contribution in [3.8, 4) is 0 Å². The van der Waals surface area contributed by atoms with Crippen LogP contribution in [-0.2, 0) is 0 Å². The topological polar surface area (TPSA) is 0 Å². The molecule has 0 aliphatic rings. The molecule has 0 rings (SSSR count). The minimum absolute atomic E-state index is 0.580. The van der Waals surface area contributed by atoms with Crippen LogP contribution in [0.2, 0.25) is 0 Å². The second-order valence-corrected chi connectivity index (χ2v) is 0.956. The number of allylic oxidation sites excluding steroid dienone is 2. The summed E-state index contributed by atoms with van der Waals surface area (Å²) < 4.78 is 0. The van der Waals surface area contributed by atoms with Gasteiger partial charge in [0.15, 0.2) is 0 Å². The van der Waals surface area contributed by atoms with Crippen LogP contribution >= 0.6 is 11.6 Å². The molecule has 5 heavy (non-hydrogen) atoms. The molecule has 0 N–H and O–H groups in total. The molecule has 29 valence electrons. The van der Waals surface area contributed by atoms with Gasteiger partial charge < -0.3 is 0 Å². The third-order valence-corrected chi connectivity index (χ3v) is 0.436. The smallest absolute Gasteiger partial charge is 0.0409 e. The lowest BCUT2D eigenvalue weighted by Gasteiger charge is -1.62. The van der Waals surface area contributed by atoms with Crippen LogP contribution < -0.4 is 0 Å². The number of rotatable bonds is 1. The van der Waals surface area contributed by atoms with Gasteiger partial charge in [0.25, 0.3) is 0 Å². The Bertz CT molecular complexity index is 30.6. The Morgan fingerprint density at radius 1 is 2.00 bits per heavy atom. The van der Waals surface area contributed by atoms with Gasteiger partial charge in [-0.05, 0) is 6.92 Å². The fraction of sp³-hybridized carbons (Fsp3) is 0.500. The summed E-state index contributed by atoms with van der Waals surface area (Å²) in [7, 11) is 0. The molecule has 1 heteroatoms. The monoisotopic (exact) mass is 89.0 g/mol. The van der Waals surface area contributed by atoms with E-state index in [9.17, 15) is 0 Å². The standard InChI is InChI=1S/C4H6Cl/c1-2-3-4-5/h3H,4H2,1H3. The minimum Gasteiger partial charge on any atom is -0.122 e. The van der Waals surface area contributed by atoms with Gasteiger partial charge in [-0.1, -0.05) is 12.2 Å². The Labute approximate surface area is 37.4 Å². The molecule has 0 aromatic rings. The van der Waals surface area contributed by atoms with Crippen molar-refractivity contribution in [1.29, 1.82) is 0 Å². The molecule has 0 atom stereocenters. The molecular weight excluding hydrogens is 83.5 g/mol. The summed E-state index contributed by atoms with van der Waals surface area (Å²) in [5.41, 5.74) is 0. The molecule has 1 radical (unpaired) electrons. The van der Waals surface area contributed by atoms with Gasteiger partial charge in [-0.3, -0.25) is 0 Å². The summed E-state index contributed by atoms with van der Waals surface area (Å²) in [6.07, 6.45) is 4.53. The van der Waals surface area contributed by atoms with Crippen molar-refractivity contribution in [3.05, 3.63) is 12.2 Å². The number of halogens is 1. The lowest BCUT2D eigenvalue weighted by atomic mass is 10.6. The molecule has 0 heterocycles. The molecule has 0 saturated carbocycles. The summed E-state index contributed by atoms with van der Waals surface area (Å²) >= 11 is 5.18. The van der Waals surface area contributed by atoms with Gasteiger partial charge in [0.1, 0.15) is 0 Å². The second-order valence-electron chi connectivity index (χ2n) is 0.647. The third-order valence-electron chi connectivity index (χ3n) is 0.281. The van der Waals surface area contributed by atoms with Crippen molar-refractivity contribution >= 4 is 11.6 Å². The first kappa shape index (κ1) is 5.03. The van der Waals surface area contributed by atoms with E-state index in [4.69, 9.17) is 11.6 Å². The molecule has 0 aromatic heterocycles. The molecule has 0 spiro atoms. The lowest BCUT2D eigenvalue weighted by molar-refractivity contribution is 1.58. The van der Waals surface area contributed by atoms with Crippen LogP contribution in [0.15, 0.2) is 6.08 Å². The first-order valence-corrected chi connectivity index (χ1v) is 2.00. The van der Waals surface area contributed by atoms with E-state index in [2.05, 4.69) is 6.08 Å². The van der Waals surface area contributed by atoms with Gasteiger partial charge >= 0.3 is 0 Å². The quantitative estimate of drug-likeness (QED) is 0.428. The van der Waals surface area contributed by atoms with Crippen molar-refractivity contribution < 1.29 is 0 Å². The fourth-order valence-corrected chi connectivity index (χ4v) is 0.231. The van der Waals surface area contributed by atoms with Crippen molar-refractivity contribution in [2.75, 3.05) is 5.88 Å². The average Bonchev–Trinajstić information content (AvgIpc) is 1.41. The summed E-state index contributed by atoms with van der Waals surface area (Å²) in [4.78, 5) is 0. The fourth-order valence-electron chi connectivity index (χ4n) is 0.0772. The zero-order valence-corrected chi connectivity index (χ0v) is 3.92. The molecular formula is C4H6Cl. The SMILES string of the molecule is C/[C]=C/CCl. The minimum atomic E-state index is 0.580. The van der Waals surface area contributed by atoms with E-state index in [1.54, 1.807) is 6.08 Å². The Balaban J connectivity index is 2.62. The maximum atomic E-state index is 5.18. The summed E-state index contributed by atoms with van der Waals surface area (Å²) in [5, 5.41) is 0.